The van der Waals surface area contributed by atoms with Crippen LogP contribution in [-0.4, -0.2) is 58.0 Å². The van der Waals surface area contributed by atoms with Gasteiger partial charge in [0.25, 0.3) is 0 Å². The van der Waals surface area contributed by atoms with Gasteiger partial charge in [0.05, 0.1) is 6.42 Å². The molecule has 0 spiro atoms. The number of aliphatic carboxylic acids is 2. The number of rotatable bonds is 20. The van der Waals surface area contributed by atoms with Gasteiger partial charge >= 0.3 is 11.9 Å². The number of aryl methyl sites for hydroxylation is 1. The fourth-order valence-corrected chi connectivity index (χ4v) is 3.87. The highest BCUT2D eigenvalue weighted by atomic mass is 16.4. The minimum Gasteiger partial charge on any atom is -0.481 e. The molecule has 10 heteroatoms. The topological polar surface area (TPSA) is 162 Å². The Hall–Kier alpha value is -3.43. The lowest BCUT2D eigenvalue weighted by molar-refractivity contribution is -0.148. The minimum atomic E-state index is -1.58. The predicted octanol–water partition coefficient (Wildman–Crippen LogP) is 3.19. The summed E-state index contributed by atoms with van der Waals surface area (Å²) in [6.45, 7) is 3.50. The van der Waals surface area contributed by atoms with Gasteiger partial charge in [0, 0.05) is 19.4 Å². The number of carbonyl (C=O) groups excluding carboxylic acids is 3. The van der Waals surface area contributed by atoms with E-state index in [1.807, 2.05) is 18.2 Å². The summed E-state index contributed by atoms with van der Waals surface area (Å²) in [5.74, 6) is -3.84. The van der Waals surface area contributed by atoms with Crippen molar-refractivity contribution in [3.05, 3.63) is 35.9 Å². The number of benzene rings is 1. The van der Waals surface area contributed by atoms with Gasteiger partial charge < -0.3 is 26.2 Å². The van der Waals surface area contributed by atoms with Crippen molar-refractivity contribution in [3.63, 3.8) is 0 Å². The second-order valence-electron chi connectivity index (χ2n) is 10.0. The van der Waals surface area contributed by atoms with Crippen LogP contribution in [0, 0.1) is 0 Å². The van der Waals surface area contributed by atoms with Crippen molar-refractivity contribution < 1.29 is 34.2 Å². The Morgan fingerprint density at radius 2 is 1.37 bits per heavy atom. The molecule has 0 aromatic heterocycles. The number of unbranched alkanes of at least 4 members (excludes halogenated alkanes) is 6. The zero-order valence-electron chi connectivity index (χ0n) is 22.6. The molecule has 212 valence electrons. The van der Waals surface area contributed by atoms with Gasteiger partial charge in [-0.3, -0.25) is 19.2 Å². The first kappa shape index (κ1) is 32.6. The summed E-state index contributed by atoms with van der Waals surface area (Å²) in [6.07, 6.45) is 8.25. The first-order chi connectivity index (χ1) is 18.0. The van der Waals surface area contributed by atoms with Crippen LogP contribution in [0.3, 0.4) is 0 Å². The summed E-state index contributed by atoms with van der Waals surface area (Å²) in [4.78, 5) is 58.4. The van der Waals surface area contributed by atoms with Gasteiger partial charge in [0.15, 0.2) is 0 Å². The highest BCUT2D eigenvalue weighted by molar-refractivity contribution is 5.94. The van der Waals surface area contributed by atoms with Crippen LogP contribution in [0.2, 0.25) is 0 Å². The van der Waals surface area contributed by atoms with Crippen LogP contribution in [0.1, 0.15) is 90.0 Å². The van der Waals surface area contributed by atoms with Gasteiger partial charge in [0.2, 0.25) is 17.7 Å². The Kier molecular flexibility index (Phi) is 15.4. The number of hydrogen-bond acceptors (Lipinski definition) is 5. The molecule has 0 bridgehead atoms. The molecule has 1 rings (SSSR count). The Morgan fingerprint density at radius 1 is 0.789 bits per heavy atom. The molecular weight excluding hydrogens is 490 g/mol. The largest absolute Gasteiger partial charge is 0.481 e. The van der Waals surface area contributed by atoms with Crippen molar-refractivity contribution in [1.82, 2.24) is 16.0 Å². The lowest BCUT2D eigenvalue weighted by Crippen LogP contribution is -2.58. The molecular formula is C28H43N3O7. The normalized spacial score (nSPS) is 11.8. The SMILES string of the molecule is CC(C)(NC(=O)CCCCCCCNC(=O)CCCCCc1ccccc1)C(=O)N[C@@H](CC(=O)O)C(=O)O. The molecule has 0 saturated carbocycles. The van der Waals surface area contributed by atoms with Crippen LogP contribution < -0.4 is 16.0 Å². The quantitative estimate of drug-likeness (QED) is 0.161. The Balaban J connectivity index is 2.07. The summed E-state index contributed by atoms with van der Waals surface area (Å²) >= 11 is 0. The molecule has 3 amide bonds. The number of hydrogen-bond donors (Lipinski definition) is 5. The van der Waals surface area contributed by atoms with E-state index in [0.717, 1.165) is 51.4 Å². The third-order valence-corrected chi connectivity index (χ3v) is 6.12. The molecule has 0 unspecified atom stereocenters. The second kappa shape index (κ2) is 17.9. The molecule has 10 nitrogen and oxygen atoms in total. The highest BCUT2D eigenvalue weighted by Crippen LogP contribution is 2.10. The number of amides is 3. The Bertz CT molecular complexity index is 903. The van der Waals surface area contributed by atoms with Crippen molar-refractivity contribution in [2.45, 2.75) is 102 Å². The molecule has 0 aliphatic heterocycles. The van der Waals surface area contributed by atoms with Crippen molar-refractivity contribution in [1.29, 1.82) is 0 Å². The molecule has 0 radical (unpaired) electrons. The molecule has 0 heterocycles. The maximum absolute atomic E-state index is 12.4. The lowest BCUT2D eigenvalue weighted by Gasteiger charge is -2.26. The molecule has 1 atom stereocenters. The first-order valence-electron chi connectivity index (χ1n) is 13.4. The summed E-state index contributed by atoms with van der Waals surface area (Å²) in [7, 11) is 0. The van der Waals surface area contributed by atoms with Crippen molar-refractivity contribution in [2.75, 3.05) is 6.54 Å². The van der Waals surface area contributed by atoms with Gasteiger partial charge in [0.1, 0.15) is 11.6 Å². The van der Waals surface area contributed by atoms with Crippen LogP contribution in [0.25, 0.3) is 0 Å². The van der Waals surface area contributed by atoms with E-state index in [2.05, 4.69) is 28.1 Å². The molecule has 0 saturated heterocycles. The number of carbonyl (C=O) groups is 5. The van der Waals surface area contributed by atoms with Gasteiger partial charge in [-0.25, -0.2) is 4.79 Å². The molecule has 0 fully saturated rings. The Labute approximate surface area is 225 Å². The van der Waals surface area contributed by atoms with Crippen molar-refractivity contribution in [2.24, 2.45) is 0 Å². The maximum Gasteiger partial charge on any atom is 0.326 e. The van der Waals surface area contributed by atoms with E-state index in [0.29, 0.717) is 19.4 Å². The van der Waals surface area contributed by atoms with E-state index in [1.54, 1.807) is 0 Å². The van der Waals surface area contributed by atoms with E-state index in [-0.39, 0.29) is 18.2 Å². The van der Waals surface area contributed by atoms with E-state index < -0.39 is 35.8 Å². The number of nitrogens with one attached hydrogen (secondary N) is 3. The van der Waals surface area contributed by atoms with E-state index in [9.17, 15) is 24.0 Å². The van der Waals surface area contributed by atoms with Gasteiger partial charge in [-0.2, -0.15) is 0 Å². The minimum absolute atomic E-state index is 0.0886. The lowest BCUT2D eigenvalue weighted by atomic mass is 10.0. The van der Waals surface area contributed by atoms with Crippen molar-refractivity contribution >= 4 is 29.7 Å². The van der Waals surface area contributed by atoms with Gasteiger partial charge in [-0.1, -0.05) is 56.0 Å². The molecule has 0 aliphatic carbocycles. The number of carboxylic acids is 2. The van der Waals surface area contributed by atoms with E-state index in [4.69, 9.17) is 10.2 Å². The summed E-state index contributed by atoms with van der Waals surface area (Å²) in [6, 6.07) is 8.76. The monoisotopic (exact) mass is 533 g/mol. The predicted molar refractivity (Wildman–Crippen MR) is 143 cm³/mol. The van der Waals surface area contributed by atoms with E-state index in [1.165, 1.54) is 19.4 Å². The zero-order chi connectivity index (χ0) is 28.4. The highest BCUT2D eigenvalue weighted by Gasteiger charge is 2.33. The van der Waals surface area contributed by atoms with Crippen molar-refractivity contribution in [3.8, 4) is 0 Å². The molecule has 1 aromatic rings. The smallest absolute Gasteiger partial charge is 0.326 e. The average molecular weight is 534 g/mol. The van der Waals surface area contributed by atoms with Crippen LogP contribution in [-0.2, 0) is 30.4 Å². The molecule has 38 heavy (non-hydrogen) atoms. The zero-order valence-corrected chi connectivity index (χ0v) is 22.6. The summed E-state index contributed by atoms with van der Waals surface area (Å²) in [5, 5.41) is 25.5. The molecule has 1 aromatic carbocycles. The van der Waals surface area contributed by atoms with Crippen LogP contribution in [0.15, 0.2) is 30.3 Å². The standard InChI is InChI=1S/C28H43N3O7/c1-28(2,27(38)30-22(26(36)37)20-25(34)35)31-24(33)18-11-4-3-5-13-19-29-23(32)17-12-7-10-16-21-14-8-6-9-15-21/h6,8-9,14-15,22H,3-5,7,10-13,16-20H2,1-2H3,(H,29,32)(H,30,38)(H,31,33)(H,34,35)(H,36,37)/t22-/m0/s1. The van der Waals surface area contributed by atoms with Crippen LogP contribution in [0.5, 0.6) is 0 Å². The maximum atomic E-state index is 12.4. The third-order valence-electron chi connectivity index (χ3n) is 6.12. The average Bonchev–Trinajstić information content (AvgIpc) is 2.85. The third kappa shape index (κ3) is 15.0. The van der Waals surface area contributed by atoms with Crippen LogP contribution >= 0.6 is 0 Å². The molecule has 0 aliphatic rings. The summed E-state index contributed by atoms with van der Waals surface area (Å²) in [5.41, 5.74) is -0.0573. The molecule has 5 N–H and O–H groups in total. The second-order valence-corrected chi connectivity index (χ2v) is 10.0. The fraction of sp³-hybridized carbons (Fsp3) is 0.607. The fourth-order valence-electron chi connectivity index (χ4n) is 3.87. The van der Waals surface area contributed by atoms with Crippen LogP contribution in [0.4, 0.5) is 0 Å². The number of carboxylic acid groups (broad SMARTS) is 2. The summed E-state index contributed by atoms with van der Waals surface area (Å²) < 4.78 is 0. The van der Waals surface area contributed by atoms with Gasteiger partial charge in [-0.15, -0.1) is 0 Å². The first-order valence-corrected chi connectivity index (χ1v) is 13.4. The van der Waals surface area contributed by atoms with Gasteiger partial charge in [-0.05, 0) is 51.5 Å². The van der Waals surface area contributed by atoms with E-state index >= 15 is 0 Å². The Morgan fingerprint density at radius 3 is 2.00 bits per heavy atom.